The summed E-state index contributed by atoms with van der Waals surface area (Å²) in [5.41, 5.74) is 0.806. The minimum absolute atomic E-state index is 0.0250. The van der Waals surface area contributed by atoms with E-state index in [9.17, 15) is 18.0 Å². The molecule has 5 nitrogen and oxygen atoms in total. The van der Waals surface area contributed by atoms with Crippen LogP contribution in [0, 0.1) is 5.92 Å². The first-order chi connectivity index (χ1) is 13.7. The van der Waals surface area contributed by atoms with Gasteiger partial charge in [-0.2, -0.15) is 13.2 Å². The van der Waals surface area contributed by atoms with Gasteiger partial charge >= 0.3 is 6.18 Å². The van der Waals surface area contributed by atoms with Crippen molar-refractivity contribution in [3.8, 4) is 11.5 Å². The fraction of sp³-hybridized carbons (Fsp3) is 0.667. The Morgan fingerprint density at radius 3 is 2.72 bits per heavy atom. The van der Waals surface area contributed by atoms with E-state index in [1.165, 1.54) is 13.2 Å². The van der Waals surface area contributed by atoms with E-state index in [1.807, 2.05) is 0 Å². The summed E-state index contributed by atoms with van der Waals surface area (Å²) in [6.45, 7) is 5.81. The normalized spacial score (nSPS) is 18.0. The van der Waals surface area contributed by atoms with E-state index in [4.69, 9.17) is 9.47 Å². The molecule has 1 aliphatic rings. The first kappa shape index (κ1) is 23.3. The number of carbonyl (C=O) groups excluding carboxylic acids is 1. The average Bonchev–Trinajstić information content (AvgIpc) is 2.68. The number of nitrogens with zero attached hydrogens (tertiary/aromatic N) is 1. The highest BCUT2D eigenvalue weighted by molar-refractivity contribution is 5.76. The number of nitrogens with one attached hydrogen (secondary N) is 1. The van der Waals surface area contributed by atoms with Crippen LogP contribution in [-0.4, -0.2) is 56.4 Å². The van der Waals surface area contributed by atoms with Crippen molar-refractivity contribution in [2.75, 3.05) is 33.4 Å². The Morgan fingerprint density at radius 1 is 1.31 bits per heavy atom. The summed E-state index contributed by atoms with van der Waals surface area (Å²) < 4.78 is 46.8. The van der Waals surface area contributed by atoms with Gasteiger partial charge in [0.05, 0.1) is 7.11 Å². The Bertz CT molecular complexity index is 665. The molecule has 0 spiro atoms. The third-order valence-corrected chi connectivity index (χ3v) is 5.13. The molecule has 1 aliphatic heterocycles. The molecule has 1 amide bonds. The minimum Gasteiger partial charge on any atom is -0.493 e. The quantitative estimate of drug-likeness (QED) is 0.665. The first-order valence-corrected chi connectivity index (χ1v) is 10.0. The highest BCUT2D eigenvalue weighted by atomic mass is 19.4. The molecule has 1 unspecified atom stereocenters. The van der Waals surface area contributed by atoms with Gasteiger partial charge in [-0.05, 0) is 63.3 Å². The zero-order valence-electron chi connectivity index (χ0n) is 17.3. The van der Waals surface area contributed by atoms with E-state index in [0.29, 0.717) is 31.3 Å². The van der Waals surface area contributed by atoms with Crippen molar-refractivity contribution in [1.82, 2.24) is 10.2 Å². The predicted molar refractivity (Wildman–Crippen MR) is 105 cm³/mol. The topological polar surface area (TPSA) is 50.8 Å². The lowest BCUT2D eigenvalue weighted by molar-refractivity contribution is -0.153. The fourth-order valence-corrected chi connectivity index (χ4v) is 3.48. The molecular formula is C21H31F3N2O3. The van der Waals surface area contributed by atoms with Gasteiger partial charge in [0.15, 0.2) is 18.1 Å². The molecular weight excluding hydrogens is 385 g/mol. The Hall–Kier alpha value is -1.96. The van der Waals surface area contributed by atoms with Gasteiger partial charge in [0.2, 0.25) is 5.91 Å². The summed E-state index contributed by atoms with van der Waals surface area (Å²) in [5.74, 6) is 0.705. The number of ether oxygens (including phenoxy) is 2. The maximum Gasteiger partial charge on any atom is 0.422 e. The molecule has 0 radical (unpaired) electrons. The molecule has 0 aromatic heterocycles. The molecule has 1 atom stereocenters. The van der Waals surface area contributed by atoms with E-state index >= 15 is 0 Å². The number of halogens is 3. The molecule has 0 saturated carbocycles. The van der Waals surface area contributed by atoms with Gasteiger partial charge < -0.3 is 19.7 Å². The Balaban J connectivity index is 1.79. The van der Waals surface area contributed by atoms with Crippen molar-refractivity contribution >= 4 is 5.91 Å². The highest BCUT2D eigenvalue weighted by Crippen LogP contribution is 2.30. The molecule has 0 bridgehead atoms. The molecule has 8 heteroatoms. The Kier molecular flexibility index (Phi) is 8.61. The van der Waals surface area contributed by atoms with Gasteiger partial charge in [-0.15, -0.1) is 0 Å². The first-order valence-electron chi connectivity index (χ1n) is 10.0. The molecule has 0 aliphatic carbocycles. The molecule has 29 heavy (non-hydrogen) atoms. The average molecular weight is 416 g/mol. The van der Waals surface area contributed by atoms with Crippen LogP contribution in [0.4, 0.5) is 13.2 Å². The molecule has 2 rings (SSSR count). The van der Waals surface area contributed by atoms with Crippen molar-refractivity contribution in [1.29, 1.82) is 0 Å². The van der Waals surface area contributed by atoms with Crippen molar-refractivity contribution in [3.05, 3.63) is 23.8 Å². The standard InChI is InChI=1S/C21H31F3N2O3/c1-15(2)26-10-4-5-17(13-26)12-25-20(27)9-7-16-6-8-18(19(11-16)28-3)29-14-21(22,23)24/h6,8,11,15,17H,4-5,7,9-10,12-14H2,1-3H3,(H,25,27). The molecule has 1 fully saturated rings. The maximum absolute atomic E-state index is 12.3. The molecule has 1 N–H and O–H groups in total. The number of amides is 1. The van der Waals surface area contributed by atoms with Crippen LogP contribution in [-0.2, 0) is 11.2 Å². The van der Waals surface area contributed by atoms with Gasteiger partial charge in [-0.3, -0.25) is 4.79 Å². The summed E-state index contributed by atoms with van der Waals surface area (Å²) in [5, 5.41) is 3.01. The lowest BCUT2D eigenvalue weighted by Gasteiger charge is -2.35. The number of hydrogen-bond acceptors (Lipinski definition) is 4. The molecule has 1 heterocycles. The van der Waals surface area contributed by atoms with E-state index in [1.54, 1.807) is 12.1 Å². The number of rotatable bonds is 9. The van der Waals surface area contributed by atoms with Crippen LogP contribution < -0.4 is 14.8 Å². The van der Waals surface area contributed by atoms with E-state index < -0.39 is 12.8 Å². The van der Waals surface area contributed by atoms with Crippen LogP contribution in [0.2, 0.25) is 0 Å². The smallest absolute Gasteiger partial charge is 0.422 e. The second-order valence-electron chi connectivity index (χ2n) is 7.79. The van der Waals surface area contributed by atoms with Crippen molar-refractivity contribution < 1.29 is 27.4 Å². The number of piperidine rings is 1. The number of aryl methyl sites for hydroxylation is 1. The van der Waals surface area contributed by atoms with Gasteiger partial charge in [0.25, 0.3) is 0 Å². The third-order valence-electron chi connectivity index (χ3n) is 5.13. The molecule has 164 valence electrons. The van der Waals surface area contributed by atoms with Crippen molar-refractivity contribution in [3.63, 3.8) is 0 Å². The van der Waals surface area contributed by atoms with Crippen LogP contribution in [0.1, 0.15) is 38.7 Å². The largest absolute Gasteiger partial charge is 0.493 e. The third kappa shape index (κ3) is 8.12. The predicted octanol–water partition coefficient (Wildman–Crippen LogP) is 3.81. The summed E-state index contributed by atoms with van der Waals surface area (Å²) in [7, 11) is 1.37. The van der Waals surface area contributed by atoms with Crippen molar-refractivity contribution in [2.24, 2.45) is 5.92 Å². The van der Waals surface area contributed by atoms with Gasteiger partial charge in [-0.1, -0.05) is 6.07 Å². The SMILES string of the molecule is COc1cc(CCC(=O)NCC2CCCN(C(C)C)C2)ccc1OCC(F)(F)F. The van der Waals surface area contributed by atoms with Gasteiger partial charge in [0.1, 0.15) is 0 Å². The van der Waals surface area contributed by atoms with Gasteiger partial charge in [-0.25, -0.2) is 0 Å². The van der Waals surface area contributed by atoms with Crippen LogP contribution in [0.5, 0.6) is 11.5 Å². The summed E-state index contributed by atoms with van der Waals surface area (Å²) in [6, 6.07) is 5.23. The summed E-state index contributed by atoms with van der Waals surface area (Å²) in [6.07, 6.45) is -1.34. The maximum atomic E-state index is 12.3. The van der Waals surface area contributed by atoms with E-state index in [0.717, 1.165) is 31.5 Å². The van der Waals surface area contributed by atoms with Crippen LogP contribution in [0.3, 0.4) is 0 Å². The van der Waals surface area contributed by atoms with Crippen molar-refractivity contribution in [2.45, 2.75) is 51.7 Å². The minimum atomic E-state index is -4.41. The summed E-state index contributed by atoms with van der Waals surface area (Å²) >= 11 is 0. The number of hydrogen-bond donors (Lipinski definition) is 1. The number of benzene rings is 1. The van der Waals surface area contributed by atoms with Gasteiger partial charge in [0, 0.05) is 25.6 Å². The zero-order chi connectivity index (χ0) is 21.4. The van der Waals surface area contributed by atoms with E-state index in [2.05, 4.69) is 24.1 Å². The fourth-order valence-electron chi connectivity index (χ4n) is 3.48. The van der Waals surface area contributed by atoms with Crippen LogP contribution >= 0.6 is 0 Å². The molecule has 1 aromatic rings. The number of likely N-dealkylation sites (tertiary alicyclic amines) is 1. The van der Waals surface area contributed by atoms with E-state index in [-0.39, 0.29) is 17.4 Å². The Morgan fingerprint density at radius 2 is 2.07 bits per heavy atom. The number of methoxy groups -OCH3 is 1. The second kappa shape index (κ2) is 10.7. The molecule has 1 aromatic carbocycles. The number of carbonyl (C=O) groups is 1. The highest BCUT2D eigenvalue weighted by Gasteiger charge is 2.29. The van der Waals surface area contributed by atoms with Crippen LogP contribution in [0.25, 0.3) is 0 Å². The second-order valence-corrected chi connectivity index (χ2v) is 7.79. The molecule has 1 saturated heterocycles. The zero-order valence-corrected chi connectivity index (χ0v) is 17.3. The lowest BCUT2D eigenvalue weighted by atomic mass is 9.97. The lowest BCUT2D eigenvalue weighted by Crippen LogP contribution is -2.43. The van der Waals surface area contributed by atoms with Crippen LogP contribution in [0.15, 0.2) is 18.2 Å². The summed E-state index contributed by atoms with van der Waals surface area (Å²) in [4.78, 5) is 14.6. The monoisotopic (exact) mass is 416 g/mol. The number of alkyl halides is 3. The Labute approximate surface area is 170 Å².